The topological polar surface area (TPSA) is 767 Å². The molecule has 6 atom stereocenters. The number of carboxylic acids is 6. The highest BCUT2D eigenvalue weighted by molar-refractivity contribution is 6.15. The van der Waals surface area contributed by atoms with Gasteiger partial charge < -0.3 is 145 Å². The molecular weight excluding hydrogens is 1840 g/mol. The van der Waals surface area contributed by atoms with Gasteiger partial charge >= 0.3 is 35.8 Å². The predicted molar refractivity (Wildman–Crippen MR) is 459 cm³/mol. The fourth-order valence-electron chi connectivity index (χ4n) is 10.4. The second-order valence-corrected chi connectivity index (χ2v) is 28.4. The Bertz CT molecular complexity index is 3920. The number of rotatable bonds is 77. The fraction of sp³-hybridized carbons (Fsp3) is 0.634. The van der Waals surface area contributed by atoms with Crippen LogP contribution in [0.15, 0.2) is 48.6 Å². The summed E-state index contributed by atoms with van der Waals surface area (Å²) in [5, 5.41) is 90.6. The number of hydrogen-bond acceptors (Lipinski definition) is 37. The van der Waals surface area contributed by atoms with Crippen molar-refractivity contribution >= 4 is 130 Å². The van der Waals surface area contributed by atoms with Crippen molar-refractivity contribution in [1.82, 2.24) is 62.1 Å². The number of carbonyl (C=O) groups is 22. The van der Waals surface area contributed by atoms with Crippen LogP contribution in [0.5, 0.6) is 0 Å². The maximum absolute atomic E-state index is 11.7. The van der Waals surface area contributed by atoms with Crippen LogP contribution < -0.4 is 42.5 Å². The van der Waals surface area contributed by atoms with Crippen molar-refractivity contribution in [2.24, 2.45) is 0 Å². The predicted octanol–water partition coefficient (Wildman–Crippen LogP) is -8.56. The molecule has 6 unspecified atom stereocenters. The summed E-state index contributed by atoms with van der Waals surface area (Å²) >= 11 is 0. The van der Waals surface area contributed by atoms with Crippen LogP contribution in [-0.4, -0.2) is 451 Å². The first-order valence-corrected chi connectivity index (χ1v) is 42.9. The lowest BCUT2D eigenvalue weighted by Crippen LogP contribution is -2.47. The molecule has 770 valence electrons. The summed E-state index contributed by atoms with van der Waals surface area (Å²) in [5.74, 6) is -15.1. The maximum Gasteiger partial charge on any atom is 0.328 e. The average molecular weight is 1970 g/mol. The van der Waals surface area contributed by atoms with Gasteiger partial charge in [-0.05, 0) is 20.3 Å². The van der Waals surface area contributed by atoms with E-state index in [2.05, 4.69) is 42.5 Å². The number of ether oxygens (including phenoxy) is 13. The zero-order valence-electron chi connectivity index (χ0n) is 75.9. The van der Waals surface area contributed by atoms with Crippen molar-refractivity contribution in [2.45, 2.75) is 114 Å². The van der Waals surface area contributed by atoms with Gasteiger partial charge in [0.1, 0.15) is 18.6 Å². The second-order valence-electron chi connectivity index (χ2n) is 28.4. The van der Waals surface area contributed by atoms with Gasteiger partial charge in [0.15, 0.2) is 12.1 Å². The number of carboxylic acid groups (broad SMARTS) is 6. The standard InChI is InChI=1S/2C22H33N3O12.C20H31N3O10.C18H27N3O9/c26-17(24-16(22(32)33)1-4-21(30)31)5-7-34-9-11-36-13-14-37-12-10-35-8-6-23-18(27)15-25-19(28)2-3-20(25)29;26-17(3-6-25-19(28)1-2-20(25)29)23-5-8-35-10-12-37-14-13-36-11-9-34-7-4-18(27)24-16(22(32)33)15-21(30)31;1-14(24)19(20(29)30)22-16(26)5-8-31-10-12-33-13-11-32-9-6-21-15(25)4-7-23-17(27)2-3-18(23)28;1-12(22)17(18(27)28)20-14(24)5-8-29-10-11-30-9-6-19-13(23)4-7-21-15(25)2-3-16(21)26/h2-3,16H,1,4-15H2,(H,23,27)(H,24,26)(H,30,31)(H,32,33);1-2,16H,3-15H2,(H,23,26)(H,24,27)(H,30,31)(H,32,33);2-3,14,19,24H,4-13H2,1H3,(H,21,25)(H,22,26)(H,29,30);2-3,12,17,22H,4-11H2,1H3,(H,19,23)(H,20,24)(H,27,28). The normalized spacial score (nSPS) is 14.2. The number of nitrogens with zero attached hydrogens (tertiary/aromatic N) is 4. The Hall–Kier alpha value is -12.5. The van der Waals surface area contributed by atoms with Crippen molar-refractivity contribution in [3.63, 3.8) is 0 Å². The minimum Gasteiger partial charge on any atom is -0.481 e. The summed E-state index contributed by atoms with van der Waals surface area (Å²) in [6.45, 7) is 9.57. The molecule has 0 saturated heterocycles. The highest BCUT2D eigenvalue weighted by Crippen LogP contribution is 2.09. The van der Waals surface area contributed by atoms with Crippen LogP contribution in [-0.2, 0) is 167 Å². The number of carbonyl (C=O) groups excluding carboxylic acids is 16. The molecule has 4 rings (SSSR count). The molecule has 16 N–H and O–H groups in total. The van der Waals surface area contributed by atoms with Gasteiger partial charge in [-0.25, -0.2) is 19.2 Å². The van der Waals surface area contributed by atoms with Crippen LogP contribution in [0.3, 0.4) is 0 Å². The minimum atomic E-state index is -1.49. The van der Waals surface area contributed by atoms with E-state index < -0.39 is 155 Å². The van der Waals surface area contributed by atoms with Gasteiger partial charge in [0, 0.05) is 146 Å². The van der Waals surface area contributed by atoms with Crippen molar-refractivity contribution in [3.8, 4) is 0 Å². The molecule has 0 saturated carbocycles. The van der Waals surface area contributed by atoms with Crippen LogP contribution in [0.4, 0.5) is 0 Å². The zero-order valence-corrected chi connectivity index (χ0v) is 75.9. The van der Waals surface area contributed by atoms with E-state index in [0.29, 0.717) is 66.1 Å². The first-order valence-electron chi connectivity index (χ1n) is 42.9. The third kappa shape index (κ3) is 62.7. The first kappa shape index (κ1) is 123. The summed E-state index contributed by atoms with van der Waals surface area (Å²) in [4.78, 5) is 253. The molecule has 0 fully saturated rings. The number of hydrogen-bond donors (Lipinski definition) is 16. The van der Waals surface area contributed by atoms with Gasteiger partial charge in [-0.3, -0.25) is 106 Å². The Morgan fingerprint density at radius 1 is 0.255 bits per heavy atom. The quantitative estimate of drug-likeness (QED) is 0.0199. The Kier molecular flexibility index (Phi) is 67.7. The molecule has 0 bridgehead atoms. The Labute approximate surface area is 784 Å². The van der Waals surface area contributed by atoms with Crippen LogP contribution in [0, 0.1) is 0 Å². The fourth-order valence-corrected chi connectivity index (χ4v) is 10.4. The molecular formula is C82H124N12O43. The lowest BCUT2D eigenvalue weighted by Gasteiger charge is -2.16. The molecule has 55 heteroatoms. The summed E-state index contributed by atoms with van der Waals surface area (Å²) in [7, 11) is 0. The van der Waals surface area contributed by atoms with E-state index in [9.17, 15) is 116 Å². The monoisotopic (exact) mass is 1960 g/mol. The molecule has 0 aromatic heterocycles. The molecule has 4 heterocycles. The molecule has 55 nitrogen and oxygen atoms in total. The number of aliphatic hydroxyl groups excluding tert-OH is 2. The van der Waals surface area contributed by atoms with E-state index in [4.69, 9.17) is 92.2 Å². The Balaban J connectivity index is 0.000000916. The third-order valence-corrected chi connectivity index (χ3v) is 17.5. The van der Waals surface area contributed by atoms with Crippen LogP contribution in [0.1, 0.15) is 78.1 Å². The largest absolute Gasteiger partial charge is 0.481 e. The smallest absolute Gasteiger partial charge is 0.328 e. The summed E-state index contributed by atoms with van der Waals surface area (Å²) < 4.78 is 68.5. The zero-order chi connectivity index (χ0) is 102. The molecule has 0 radical (unpaired) electrons. The second kappa shape index (κ2) is 75.7. The molecule has 137 heavy (non-hydrogen) atoms. The Morgan fingerprint density at radius 3 is 0.701 bits per heavy atom. The lowest BCUT2D eigenvalue weighted by molar-refractivity contribution is -0.147. The summed E-state index contributed by atoms with van der Waals surface area (Å²) in [6.07, 6.45) is 5.22. The Morgan fingerprint density at radius 2 is 0.474 bits per heavy atom. The van der Waals surface area contributed by atoms with Gasteiger partial charge in [0.25, 0.3) is 47.3 Å². The number of nitrogens with one attached hydrogen (secondary N) is 8. The van der Waals surface area contributed by atoms with Crippen LogP contribution >= 0.6 is 0 Å². The highest BCUT2D eigenvalue weighted by Gasteiger charge is 2.31. The number of aliphatic hydroxyl groups is 2. The molecule has 0 spiro atoms. The molecule has 4 aliphatic heterocycles. The van der Waals surface area contributed by atoms with Crippen LogP contribution in [0.25, 0.3) is 0 Å². The number of amides is 16. The first-order chi connectivity index (χ1) is 65.3. The van der Waals surface area contributed by atoms with Gasteiger partial charge in [-0.15, -0.1) is 0 Å². The van der Waals surface area contributed by atoms with E-state index in [1.165, 1.54) is 38.2 Å². The van der Waals surface area contributed by atoms with Crippen molar-refractivity contribution < 1.29 is 208 Å². The molecule has 4 aliphatic rings. The van der Waals surface area contributed by atoms with Crippen molar-refractivity contribution in [3.05, 3.63) is 48.6 Å². The van der Waals surface area contributed by atoms with E-state index in [1.54, 1.807) is 0 Å². The lowest BCUT2D eigenvalue weighted by atomic mass is 10.1. The van der Waals surface area contributed by atoms with E-state index in [0.717, 1.165) is 43.9 Å². The van der Waals surface area contributed by atoms with E-state index >= 15 is 0 Å². The number of imide groups is 4. The molecule has 16 amide bonds. The van der Waals surface area contributed by atoms with E-state index in [-0.39, 0.29) is 234 Å². The van der Waals surface area contributed by atoms with Crippen LogP contribution in [0.2, 0.25) is 0 Å². The van der Waals surface area contributed by atoms with Gasteiger partial charge in [0.2, 0.25) is 47.3 Å². The van der Waals surface area contributed by atoms with E-state index in [1.807, 2.05) is 0 Å². The average Bonchev–Trinajstić information content (AvgIpc) is 1.74. The number of aliphatic carboxylic acids is 6. The molecule has 0 aromatic rings. The molecule has 0 aromatic carbocycles. The molecule has 0 aliphatic carbocycles. The highest BCUT2D eigenvalue weighted by atomic mass is 16.6. The maximum atomic E-state index is 11.7. The SMILES string of the molecule is CC(O)C(NC(=O)CCOCCOCCNC(=O)CCN1C(=O)C=CC1=O)C(=O)O.CC(O)C(NC(=O)CCOCCOCCOCCNC(=O)CCN1C(=O)C=CC1=O)C(=O)O.O=C(O)CC(NC(=O)CCOCCOCCOCCOCCNC(=O)CCN1C(=O)C=CC1=O)C(=O)O.O=C(O)CCC(NC(=O)CCOCCOCCOCCOCCNC(=O)CN1C(=O)C=CC1=O)C(=O)O. The van der Waals surface area contributed by atoms with Crippen molar-refractivity contribution in [2.75, 3.05) is 224 Å². The van der Waals surface area contributed by atoms with Gasteiger partial charge in [-0.2, -0.15) is 0 Å². The van der Waals surface area contributed by atoms with Gasteiger partial charge in [-0.1, -0.05) is 0 Å². The summed E-state index contributed by atoms with van der Waals surface area (Å²) in [5.41, 5.74) is 0. The minimum absolute atomic E-state index is 0.00211. The van der Waals surface area contributed by atoms with Crippen molar-refractivity contribution in [1.29, 1.82) is 0 Å². The summed E-state index contributed by atoms with van der Waals surface area (Å²) in [6, 6.07) is -5.49. The third-order valence-electron chi connectivity index (χ3n) is 17.5. The van der Waals surface area contributed by atoms with Gasteiger partial charge in [0.05, 0.1) is 190 Å².